The molecule has 1 fully saturated rings. The van der Waals surface area contributed by atoms with Crippen molar-refractivity contribution in [1.82, 2.24) is 4.90 Å². The van der Waals surface area contributed by atoms with Crippen LogP contribution >= 0.6 is 0 Å². The summed E-state index contributed by atoms with van der Waals surface area (Å²) in [5.74, 6) is -0.742. The number of carbonyl (C=O) groups excluding carboxylic acids is 1. The van der Waals surface area contributed by atoms with Crippen molar-refractivity contribution in [1.29, 1.82) is 0 Å². The second kappa shape index (κ2) is 4.67. The van der Waals surface area contributed by atoms with Gasteiger partial charge in [0.1, 0.15) is 5.76 Å². The van der Waals surface area contributed by atoms with Gasteiger partial charge in [-0.25, -0.2) is 0 Å². The number of nitrogens with zero attached hydrogens (tertiary/aromatic N) is 1. The Balaban J connectivity index is 2.30. The maximum absolute atomic E-state index is 12.9. The highest BCUT2D eigenvalue weighted by Gasteiger charge is 2.72. The third-order valence-corrected chi connectivity index (χ3v) is 3.73. The molecule has 2 heterocycles. The lowest BCUT2D eigenvalue weighted by Crippen LogP contribution is -2.52. The van der Waals surface area contributed by atoms with Crippen LogP contribution in [0.3, 0.4) is 0 Å². The molecule has 1 aliphatic heterocycles. The minimum absolute atomic E-state index is 0.0323. The fourth-order valence-corrected chi connectivity index (χ4v) is 2.38. The number of furan rings is 1. The molecule has 9 heteroatoms. The van der Waals surface area contributed by atoms with Crippen LogP contribution in [0.25, 0.3) is 0 Å². The Bertz CT molecular complexity index is 531. The molecule has 0 unspecified atom stereocenters. The van der Waals surface area contributed by atoms with E-state index >= 15 is 0 Å². The molecule has 0 aromatic carbocycles. The predicted molar refractivity (Wildman–Crippen MR) is 58.5 cm³/mol. The van der Waals surface area contributed by atoms with E-state index in [-0.39, 0.29) is 11.3 Å². The second-order valence-electron chi connectivity index (χ2n) is 4.94. The number of aryl methyl sites for hydroxylation is 1. The summed E-state index contributed by atoms with van der Waals surface area (Å²) in [5, 5.41) is 0. The van der Waals surface area contributed by atoms with Gasteiger partial charge in [-0.1, -0.05) is 0 Å². The van der Waals surface area contributed by atoms with E-state index in [0.717, 1.165) is 6.26 Å². The van der Waals surface area contributed by atoms with Crippen LogP contribution in [-0.4, -0.2) is 36.2 Å². The van der Waals surface area contributed by atoms with Gasteiger partial charge in [-0.15, -0.1) is 0 Å². The number of hydrogen-bond donors (Lipinski definition) is 0. The largest absolute Gasteiger partial charge is 0.469 e. The molecule has 1 aromatic heterocycles. The van der Waals surface area contributed by atoms with Crippen molar-refractivity contribution in [3.63, 3.8) is 0 Å². The van der Waals surface area contributed by atoms with E-state index in [0.29, 0.717) is 4.90 Å². The van der Waals surface area contributed by atoms with Crippen LogP contribution in [0.5, 0.6) is 0 Å². The number of alkyl halides is 6. The fourth-order valence-electron chi connectivity index (χ4n) is 2.38. The Labute approximate surface area is 115 Å². The van der Waals surface area contributed by atoms with Crippen molar-refractivity contribution in [2.45, 2.75) is 25.7 Å². The first-order chi connectivity index (χ1) is 9.49. The zero-order valence-electron chi connectivity index (χ0n) is 10.8. The fraction of sp³-hybridized carbons (Fsp3) is 0.583. The summed E-state index contributed by atoms with van der Waals surface area (Å²) in [7, 11) is 0. The lowest BCUT2D eigenvalue weighted by Gasteiger charge is -2.33. The molecule has 0 spiro atoms. The van der Waals surface area contributed by atoms with Crippen LogP contribution in [0.1, 0.15) is 22.5 Å². The van der Waals surface area contributed by atoms with Crippen molar-refractivity contribution in [2.75, 3.05) is 13.1 Å². The van der Waals surface area contributed by atoms with E-state index in [9.17, 15) is 31.1 Å². The Kier molecular flexibility index (Phi) is 3.50. The third kappa shape index (κ3) is 2.38. The van der Waals surface area contributed by atoms with E-state index in [1.165, 1.54) is 13.0 Å². The molecule has 0 aliphatic carbocycles. The summed E-state index contributed by atoms with van der Waals surface area (Å²) >= 11 is 0. The minimum Gasteiger partial charge on any atom is -0.469 e. The highest BCUT2D eigenvalue weighted by Crippen LogP contribution is 2.55. The van der Waals surface area contributed by atoms with Crippen molar-refractivity contribution in [2.24, 2.45) is 5.41 Å². The number of halogens is 6. The Hall–Kier alpha value is -1.67. The van der Waals surface area contributed by atoms with Gasteiger partial charge in [0.2, 0.25) is 0 Å². The van der Waals surface area contributed by atoms with E-state index in [1.807, 2.05) is 0 Å². The SMILES string of the molecule is Cc1occc1C(=O)N1CCC(C(F)(F)F)(C(F)(F)F)C1. The topological polar surface area (TPSA) is 33.5 Å². The second-order valence-corrected chi connectivity index (χ2v) is 4.94. The highest BCUT2D eigenvalue weighted by atomic mass is 19.4. The van der Waals surface area contributed by atoms with Crippen LogP contribution in [0.4, 0.5) is 26.3 Å². The van der Waals surface area contributed by atoms with E-state index in [4.69, 9.17) is 4.42 Å². The molecule has 1 aliphatic rings. The van der Waals surface area contributed by atoms with Crippen molar-refractivity contribution >= 4 is 5.91 Å². The van der Waals surface area contributed by atoms with E-state index in [2.05, 4.69) is 0 Å². The van der Waals surface area contributed by atoms with Crippen LogP contribution < -0.4 is 0 Å². The first-order valence-electron chi connectivity index (χ1n) is 5.96. The number of carbonyl (C=O) groups is 1. The first kappa shape index (κ1) is 15.7. The molecule has 1 saturated heterocycles. The van der Waals surface area contributed by atoms with Crippen LogP contribution in [0.15, 0.2) is 16.7 Å². The van der Waals surface area contributed by atoms with Crippen molar-refractivity contribution < 1.29 is 35.6 Å². The average molecular weight is 315 g/mol. The van der Waals surface area contributed by atoms with Gasteiger partial charge in [0, 0.05) is 13.1 Å². The summed E-state index contributed by atoms with van der Waals surface area (Å²) in [6, 6.07) is 1.22. The molecule has 0 N–H and O–H groups in total. The normalized spacial score (nSPS) is 19.1. The van der Waals surface area contributed by atoms with Gasteiger partial charge >= 0.3 is 12.4 Å². The number of likely N-dealkylation sites (tertiary alicyclic amines) is 1. The zero-order valence-corrected chi connectivity index (χ0v) is 10.8. The monoisotopic (exact) mass is 315 g/mol. The first-order valence-corrected chi connectivity index (χ1v) is 5.96. The van der Waals surface area contributed by atoms with Gasteiger partial charge in [0.05, 0.1) is 11.8 Å². The maximum Gasteiger partial charge on any atom is 0.404 e. The summed E-state index contributed by atoms with van der Waals surface area (Å²) in [5.41, 5.74) is -3.90. The van der Waals surface area contributed by atoms with E-state index in [1.54, 1.807) is 0 Å². The predicted octanol–water partition coefficient (Wildman–Crippen LogP) is 3.54. The van der Waals surface area contributed by atoms with Crippen molar-refractivity contribution in [3.8, 4) is 0 Å². The molecule has 2 rings (SSSR count). The molecule has 21 heavy (non-hydrogen) atoms. The Morgan fingerprint density at radius 1 is 1.24 bits per heavy atom. The standard InChI is InChI=1S/C12H11F6NO2/c1-7-8(2-5-21-7)9(20)19-4-3-10(6-19,11(13,14)15)12(16,17)18/h2,5H,3-4,6H2,1H3. The summed E-state index contributed by atoms with van der Waals surface area (Å²) < 4.78 is 82.2. The van der Waals surface area contributed by atoms with Gasteiger partial charge in [-0.3, -0.25) is 4.79 Å². The molecular formula is C12H11F6NO2. The minimum atomic E-state index is -5.47. The number of amides is 1. The molecule has 0 radical (unpaired) electrons. The smallest absolute Gasteiger partial charge is 0.404 e. The van der Waals surface area contributed by atoms with E-state index < -0.39 is 43.2 Å². The number of hydrogen-bond acceptors (Lipinski definition) is 2. The Morgan fingerprint density at radius 2 is 1.81 bits per heavy atom. The summed E-state index contributed by atoms with van der Waals surface area (Å²) in [6.45, 7) is -0.629. The third-order valence-electron chi connectivity index (χ3n) is 3.73. The van der Waals surface area contributed by atoms with Crippen LogP contribution in [-0.2, 0) is 0 Å². The van der Waals surface area contributed by atoms with Gasteiger partial charge < -0.3 is 9.32 Å². The van der Waals surface area contributed by atoms with Gasteiger partial charge in [0.25, 0.3) is 5.91 Å². The van der Waals surface area contributed by atoms with Crippen LogP contribution in [0, 0.1) is 12.3 Å². The molecule has 1 amide bonds. The molecule has 118 valence electrons. The lowest BCUT2D eigenvalue weighted by atomic mass is 9.85. The zero-order chi connectivity index (χ0) is 16.1. The molecule has 0 bridgehead atoms. The summed E-state index contributed by atoms with van der Waals surface area (Å²) in [4.78, 5) is 12.6. The van der Waals surface area contributed by atoms with Crippen molar-refractivity contribution in [3.05, 3.63) is 23.7 Å². The van der Waals surface area contributed by atoms with Crippen LogP contribution in [0.2, 0.25) is 0 Å². The number of rotatable bonds is 1. The lowest BCUT2D eigenvalue weighted by molar-refractivity contribution is -0.334. The van der Waals surface area contributed by atoms with Gasteiger partial charge in [0.15, 0.2) is 5.41 Å². The molecule has 3 nitrogen and oxygen atoms in total. The van der Waals surface area contributed by atoms with Gasteiger partial charge in [-0.2, -0.15) is 26.3 Å². The summed E-state index contributed by atoms with van der Waals surface area (Å²) in [6.07, 6.45) is -11.0. The van der Waals surface area contributed by atoms with Gasteiger partial charge in [-0.05, 0) is 19.4 Å². The molecular weight excluding hydrogens is 304 g/mol. The molecule has 0 atom stereocenters. The molecule has 1 aromatic rings. The maximum atomic E-state index is 12.9. The highest BCUT2D eigenvalue weighted by molar-refractivity contribution is 5.95. The molecule has 0 saturated carbocycles. The Morgan fingerprint density at radius 3 is 2.19 bits per heavy atom. The average Bonchev–Trinajstić information content (AvgIpc) is 2.92. The quantitative estimate of drug-likeness (QED) is 0.743.